The van der Waals surface area contributed by atoms with Gasteiger partial charge in [-0.05, 0) is 19.8 Å². The van der Waals surface area contributed by atoms with E-state index < -0.39 is 5.54 Å². The van der Waals surface area contributed by atoms with Crippen molar-refractivity contribution in [3.63, 3.8) is 0 Å². The van der Waals surface area contributed by atoms with Gasteiger partial charge in [-0.1, -0.05) is 24.3 Å². The molecular formula is C14H19N3O2. The number of fused-ring (bicyclic) bond motifs is 1. The minimum absolute atomic E-state index is 0.0219. The van der Waals surface area contributed by atoms with E-state index in [0.717, 1.165) is 11.1 Å². The number of hydrogen-bond donors (Lipinski definition) is 3. The van der Waals surface area contributed by atoms with Gasteiger partial charge in [-0.15, -0.1) is 0 Å². The minimum Gasteiger partial charge on any atom is -0.396 e. The smallest absolute Gasteiger partial charge is 0.158 e. The van der Waals surface area contributed by atoms with Crippen molar-refractivity contribution in [3.8, 4) is 0 Å². The molecule has 1 aromatic rings. The molecule has 0 saturated carbocycles. The molecule has 5 heteroatoms. The Morgan fingerprint density at radius 2 is 1.74 bits per heavy atom. The first-order chi connectivity index (χ1) is 9.09. The lowest BCUT2D eigenvalue weighted by atomic mass is 9.95. The highest BCUT2D eigenvalue weighted by Gasteiger charge is 2.26. The molecule has 0 unspecified atom stereocenters. The molecule has 19 heavy (non-hydrogen) atoms. The number of aliphatic hydroxyl groups is 2. The number of hydrogen-bond acceptors (Lipinski definition) is 4. The van der Waals surface area contributed by atoms with Gasteiger partial charge in [0.1, 0.15) is 5.84 Å². The number of nitrogens with zero attached hydrogens (tertiary/aromatic N) is 2. The van der Waals surface area contributed by atoms with Crippen LogP contribution in [0.2, 0.25) is 0 Å². The van der Waals surface area contributed by atoms with Crippen LogP contribution < -0.4 is 5.73 Å². The average Bonchev–Trinajstić information content (AvgIpc) is 2.67. The van der Waals surface area contributed by atoms with E-state index in [0.29, 0.717) is 24.5 Å². The Balaban J connectivity index is 2.39. The Kier molecular flexibility index (Phi) is 3.97. The van der Waals surface area contributed by atoms with Gasteiger partial charge in [0.05, 0.1) is 5.54 Å². The SMILES string of the molecule is CC(CCO)(CCO)/N=C1\N=C(N)c2ccccc21. The number of benzene rings is 1. The number of aliphatic imine (C=N–C) groups is 2. The van der Waals surface area contributed by atoms with Crippen molar-refractivity contribution in [1.29, 1.82) is 0 Å². The molecule has 102 valence electrons. The molecule has 0 bridgehead atoms. The number of aliphatic hydroxyl groups excluding tert-OH is 2. The lowest BCUT2D eigenvalue weighted by molar-refractivity contribution is 0.204. The first-order valence-electron chi connectivity index (χ1n) is 6.35. The van der Waals surface area contributed by atoms with E-state index in [1.807, 2.05) is 31.2 Å². The normalized spacial score (nSPS) is 16.6. The molecule has 0 atom stereocenters. The van der Waals surface area contributed by atoms with Gasteiger partial charge in [0.2, 0.25) is 0 Å². The van der Waals surface area contributed by atoms with Crippen LogP contribution in [0, 0.1) is 0 Å². The van der Waals surface area contributed by atoms with Crippen LogP contribution in [0.3, 0.4) is 0 Å². The van der Waals surface area contributed by atoms with Crippen molar-refractivity contribution >= 4 is 11.7 Å². The Hall–Kier alpha value is -1.72. The second-order valence-electron chi connectivity index (χ2n) is 4.92. The molecule has 0 radical (unpaired) electrons. The third-order valence-electron chi connectivity index (χ3n) is 3.35. The molecule has 0 aliphatic carbocycles. The van der Waals surface area contributed by atoms with E-state index in [4.69, 9.17) is 15.9 Å². The van der Waals surface area contributed by atoms with Gasteiger partial charge >= 0.3 is 0 Å². The largest absolute Gasteiger partial charge is 0.396 e. The van der Waals surface area contributed by atoms with Gasteiger partial charge < -0.3 is 15.9 Å². The van der Waals surface area contributed by atoms with Crippen LogP contribution in [0.1, 0.15) is 30.9 Å². The van der Waals surface area contributed by atoms with Crippen LogP contribution in [-0.2, 0) is 0 Å². The molecule has 0 spiro atoms. The molecule has 5 nitrogen and oxygen atoms in total. The first kappa shape index (κ1) is 13.7. The van der Waals surface area contributed by atoms with E-state index in [1.165, 1.54) is 0 Å². The van der Waals surface area contributed by atoms with E-state index in [-0.39, 0.29) is 13.2 Å². The van der Waals surface area contributed by atoms with Crippen molar-refractivity contribution in [2.75, 3.05) is 13.2 Å². The number of nitrogens with two attached hydrogens (primary N) is 1. The highest BCUT2D eigenvalue weighted by Crippen LogP contribution is 2.25. The quantitative estimate of drug-likeness (QED) is 0.727. The van der Waals surface area contributed by atoms with E-state index in [2.05, 4.69) is 9.98 Å². The van der Waals surface area contributed by atoms with Crippen molar-refractivity contribution in [3.05, 3.63) is 35.4 Å². The summed E-state index contributed by atoms with van der Waals surface area (Å²) in [5, 5.41) is 18.3. The fraction of sp³-hybridized carbons (Fsp3) is 0.429. The summed E-state index contributed by atoms with van der Waals surface area (Å²) >= 11 is 0. The van der Waals surface area contributed by atoms with Crippen LogP contribution in [0.4, 0.5) is 0 Å². The maximum absolute atomic E-state index is 9.14. The summed E-state index contributed by atoms with van der Waals surface area (Å²) in [5.74, 6) is 1.04. The second kappa shape index (κ2) is 5.50. The lowest BCUT2D eigenvalue weighted by Crippen LogP contribution is -2.26. The zero-order valence-corrected chi connectivity index (χ0v) is 11.0. The summed E-state index contributed by atoms with van der Waals surface area (Å²) in [4.78, 5) is 8.89. The van der Waals surface area contributed by atoms with Crippen LogP contribution in [0.25, 0.3) is 0 Å². The Morgan fingerprint density at radius 1 is 1.16 bits per heavy atom. The summed E-state index contributed by atoms with van der Waals surface area (Å²) in [6, 6.07) is 7.66. The summed E-state index contributed by atoms with van der Waals surface area (Å²) in [6.07, 6.45) is 0.962. The van der Waals surface area contributed by atoms with Crippen LogP contribution >= 0.6 is 0 Å². The molecular weight excluding hydrogens is 242 g/mol. The van der Waals surface area contributed by atoms with Crippen LogP contribution in [-0.4, -0.2) is 40.6 Å². The molecule has 0 saturated heterocycles. The zero-order chi connectivity index (χ0) is 13.9. The van der Waals surface area contributed by atoms with Gasteiger partial charge in [-0.2, -0.15) is 0 Å². The summed E-state index contributed by atoms with van der Waals surface area (Å²) in [6.45, 7) is 1.95. The third kappa shape index (κ3) is 2.83. The fourth-order valence-corrected chi connectivity index (χ4v) is 2.20. The molecule has 2 rings (SSSR count). The predicted molar refractivity (Wildman–Crippen MR) is 75.5 cm³/mol. The summed E-state index contributed by atoms with van der Waals surface area (Å²) < 4.78 is 0. The second-order valence-corrected chi connectivity index (χ2v) is 4.92. The number of amidine groups is 2. The van der Waals surface area contributed by atoms with E-state index in [1.54, 1.807) is 0 Å². The van der Waals surface area contributed by atoms with Crippen LogP contribution in [0.15, 0.2) is 34.3 Å². The Bertz CT molecular complexity index is 517. The summed E-state index contributed by atoms with van der Waals surface area (Å²) in [7, 11) is 0. The lowest BCUT2D eigenvalue weighted by Gasteiger charge is -2.23. The highest BCUT2D eigenvalue weighted by atomic mass is 16.3. The van der Waals surface area contributed by atoms with Gasteiger partial charge in [-0.25, -0.2) is 4.99 Å². The maximum Gasteiger partial charge on any atom is 0.158 e. The van der Waals surface area contributed by atoms with Crippen molar-refractivity contribution in [2.24, 2.45) is 15.7 Å². The maximum atomic E-state index is 9.14. The number of rotatable bonds is 5. The van der Waals surface area contributed by atoms with Crippen molar-refractivity contribution in [1.82, 2.24) is 0 Å². The topological polar surface area (TPSA) is 91.2 Å². The van der Waals surface area contributed by atoms with Crippen LogP contribution in [0.5, 0.6) is 0 Å². The van der Waals surface area contributed by atoms with E-state index in [9.17, 15) is 0 Å². The monoisotopic (exact) mass is 261 g/mol. The Morgan fingerprint density at radius 3 is 2.32 bits per heavy atom. The molecule has 0 amide bonds. The Labute approximate surface area is 112 Å². The molecule has 0 aromatic heterocycles. The highest BCUT2D eigenvalue weighted by molar-refractivity contribution is 6.21. The predicted octanol–water partition coefficient (Wildman–Crippen LogP) is 0.676. The zero-order valence-electron chi connectivity index (χ0n) is 11.0. The summed E-state index contributed by atoms with van der Waals surface area (Å²) in [5.41, 5.74) is 7.14. The molecule has 1 aliphatic heterocycles. The van der Waals surface area contributed by atoms with E-state index >= 15 is 0 Å². The molecule has 1 aromatic carbocycles. The van der Waals surface area contributed by atoms with Gasteiger partial charge in [0.15, 0.2) is 5.84 Å². The van der Waals surface area contributed by atoms with Gasteiger partial charge in [0.25, 0.3) is 0 Å². The molecule has 4 N–H and O–H groups in total. The molecule has 1 heterocycles. The third-order valence-corrected chi connectivity index (χ3v) is 3.35. The molecule has 1 aliphatic rings. The van der Waals surface area contributed by atoms with Crippen molar-refractivity contribution < 1.29 is 10.2 Å². The van der Waals surface area contributed by atoms with Gasteiger partial charge in [0, 0.05) is 24.3 Å². The van der Waals surface area contributed by atoms with Gasteiger partial charge in [-0.3, -0.25) is 4.99 Å². The first-order valence-corrected chi connectivity index (χ1v) is 6.35. The minimum atomic E-state index is -0.528. The molecule has 0 fully saturated rings. The van der Waals surface area contributed by atoms with Crippen molar-refractivity contribution in [2.45, 2.75) is 25.3 Å². The average molecular weight is 261 g/mol. The fourth-order valence-electron chi connectivity index (χ4n) is 2.20. The standard InChI is InChI=1S/C14H19N3O2/c1-14(6-8-18,7-9-19)17-13-11-5-3-2-4-10(11)12(15)16-13/h2-5,18-19H,6-9H2,1H3,(H2,15,16,17).